The average Bonchev–Trinajstić information content (AvgIpc) is 2.82. The van der Waals surface area contributed by atoms with Gasteiger partial charge in [-0.1, -0.05) is 0 Å². The molecule has 0 aliphatic rings. The van der Waals surface area contributed by atoms with Gasteiger partial charge in [-0.25, -0.2) is 9.59 Å². The number of carbonyl (C=O) groups is 2. The van der Waals surface area contributed by atoms with Crippen LogP contribution in [-0.2, 0) is 19.6 Å². The van der Waals surface area contributed by atoms with Crippen molar-refractivity contribution in [3.05, 3.63) is 29.3 Å². The second-order valence-corrected chi connectivity index (χ2v) is 15.0. The van der Waals surface area contributed by atoms with Crippen molar-refractivity contribution in [2.24, 2.45) is 0 Å². The molecule has 33 heavy (non-hydrogen) atoms. The van der Waals surface area contributed by atoms with E-state index in [4.69, 9.17) is 4.55 Å². The van der Waals surface area contributed by atoms with Crippen LogP contribution in [0.1, 0.15) is 86.9 Å². The third kappa shape index (κ3) is 11.5. The van der Waals surface area contributed by atoms with Gasteiger partial charge in [0, 0.05) is 0 Å². The Hall–Kier alpha value is -1.50. The maximum atomic E-state index is 11.3. The Morgan fingerprint density at radius 1 is 0.788 bits per heavy atom. The molecule has 0 radical (unpaired) electrons. The molecule has 9 heteroatoms. The number of methoxy groups -OCH3 is 2. The van der Waals surface area contributed by atoms with E-state index in [9.17, 15) is 18.0 Å². The molecular formula is C24H43O7PS. The molecule has 1 rings (SSSR count). The monoisotopic (exact) mass is 506 g/mol. The van der Waals surface area contributed by atoms with Gasteiger partial charge in [-0.15, -0.1) is 0 Å². The van der Waals surface area contributed by atoms with E-state index in [1.807, 2.05) is 0 Å². The molecule has 0 unspecified atom stereocenters. The van der Waals surface area contributed by atoms with Crippen molar-refractivity contribution in [2.45, 2.75) is 71.1 Å². The molecule has 1 aromatic rings. The van der Waals surface area contributed by atoms with Gasteiger partial charge in [-0.2, -0.15) is 8.42 Å². The molecule has 0 fully saturated rings. The topological polar surface area (TPSA) is 107 Å². The summed E-state index contributed by atoms with van der Waals surface area (Å²) in [5.74, 6) is -1.68. The first-order valence-electron chi connectivity index (χ1n) is 11.8. The second-order valence-electron chi connectivity index (χ2n) is 8.37. The smallest absolute Gasteiger partial charge is 0.337 e. The zero-order chi connectivity index (χ0) is 25.5. The summed E-state index contributed by atoms with van der Waals surface area (Å²) in [4.78, 5) is 22.0. The van der Waals surface area contributed by atoms with Crippen LogP contribution in [0.5, 0.6) is 0 Å². The predicted octanol–water partition coefficient (Wildman–Crippen LogP) is 5.66. The van der Waals surface area contributed by atoms with E-state index < -0.39 is 34.2 Å². The first-order valence-corrected chi connectivity index (χ1v) is 16.1. The number of hydrogen-bond donors (Lipinski definition) is 1. The summed E-state index contributed by atoms with van der Waals surface area (Å²) in [5.41, 5.74) is -0.374. The SMILES string of the molecule is CCCC[PH](CC)(CCCC)CCCC.COC(=O)c1cc(C(=O)OC)cc(S(=O)(=O)O)c1. The molecule has 0 aromatic heterocycles. The zero-order valence-corrected chi connectivity index (χ0v) is 22.9. The van der Waals surface area contributed by atoms with Crippen LogP contribution in [0.3, 0.4) is 0 Å². The predicted molar refractivity (Wildman–Crippen MR) is 137 cm³/mol. The summed E-state index contributed by atoms with van der Waals surface area (Å²) in [6.45, 7) is 9.49. The molecule has 1 aromatic carbocycles. The summed E-state index contributed by atoms with van der Waals surface area (Å²) < 4.78 is 39.7. The van der Waals surface area contributed by atoms with Crippen molar-refractivity contribution in [3.63, 3.8) is 0 Å². The molecule has 192 valence electrons. The van der Waals surface area contributed by atoms with E-state index in [0.717, 1.165) is 32.4 Å². The van der Waals surface area contributed by atoms with Crippen LogP contribution in [0.2, 0.25) is 0 Å². The summed E-state index contributed by atoms with van der Waals surface area (Å²) >= 11 is 0. The van der Waals surface area contributed by atoms with Crippen LogP contribution in [0.4, 0.5) is 0 Å². The first-order chi connectivity index (χ1) is 15.5. The Bertz CT molecular complexity index is 781. The number of esters is 2. The van der Waals surface area contributed by atoms with Crippen molar-refractivity contribution in [2.75, 3.05) is 38.9 Å². The van der Waals surface area contributed by atoms with Crippen LogP contribution in [0.25, 0.3) is 0 Å². The molecule has 0 amide bonds. The Morgan fingerprint density at radius 2 is 1.15 bits per heavy atom. The fraction of sp³-hybridized carbons (Fsp3) is 0.667. The number of unbranched alkanes of at least 4 members (excludes halogenated alkanes) is 3. The Morgan fingerprint density at radius 3 is 1.39 bits per heavy atom. The minimum Gasteiger partial charge on any atom is -0.465 e. The maximum absolute atomic E-state index is 11.3. The molecule has 7 nitrogen and oxygen atoms in total. The van der Waals surface area contributed by atoms with Crippen LogP contribution < -0.4 is 0 Å². The Labute approximate surface area is 200 Å². The standard InChI is InChI=1S/C14H33P.C10H10O7S/c1-5-9-12-15(8-4,13-10-6-2)14-11-7-3;1-16-9(11)6-3-7(10(12)17-2)5-8(4-6)18(13,14)15/h15H,5-14H2,1-4H3;3-5H,1-2H3,(H,13,14,15). The van der Waals surface area contributed by atoms with Crippen LogP contribution in [0, 0.1) is 0 Å². The molecule has 0 aliphatic carbocycles. The molecule has 0 saturated carbocycles. The van der Waals surface area contributed by atoms with Crippen LogP contribution >= 0.6 is 7.26 Å². The van der Waals surface area contributed by atoms with Gasteiger partial charge in [0.2, 0.25) is 0 Å². The van der Waals surface area contributed by atoms with Crippen LogP contribution in [-0.4, -0.2) is 63.8 Å². The quantitative estimate of drug-likeness (QED) is 0.209. The summed E-state index contributed by atoms with van der Waals surface area (Å²) in [7, 11) is -3.18. The Balaban J connectivity index is 0.000000633. The van der Waals surface area contributed by atoms with Gasteiger partial charge >= 0.3 is 110 Å². The van der Waals surface area contributed by atoms with Gasteiger partial charge in [0.25, 0.3) is 10.1 Å². The number of hydrogen-bond acceptors (Lipinski definition) is 6. The van der Waals surface area contributed by atoms with E-state index in [0.29, 0.717) is 0 Å². The van der Waals surface area contributed by atoms with Crippen molar-refractivity contribution < 1.29 is 32.0 Å². The van der Waals surface area contributed by atoms with E-state index >= 15 is 0 Å². The number of benzene rings is 1. The van der Waals surface area contributed by atoms with E-state index in [2.05, 4.69) is 37.2 Å². The molecule has 0 heterocycles. The summed E-state index contributed by atoms with van der Waals surface area (Å²) in [6, 6.07) is 2.90. The number of carbonyl (C=O) groups excluding carboxylic acids is 2. The normalized spacial score (nSPS) is 11.8. The molecule has 0 bridgehead atoms. The van der Waals surface area contributed by atoms with Gasteiger partial charge in [-0.3, -0.25) is 4.55 Å². The fourth-order valence-electron chi connectivity index (χ4n) is 3.78. The second kappa shape index (κ2) is 16.2. The van der Waals surface area contributed by atoms with Gasteiger partial charge in [-0.05, 0) is 18.2 Å². The van der Waals surface area contributed by atoms with Crippen molar-refractivity contribution in [1.82, 2.24) is 0 Å². The largest absolute Gasteiger partial charge is 0.465 e. The van der Waals surface area contributed by atoms with Gasteiger partial charge in [0.1, 0.15) is 0 Å². The van der Waals surface area contributed by atoms with E-state index in [1.54, 1.807) is 18.5 Å². The average molecular weight is 507 g/mol. The van der Waals surface area contributed by atoms with Crippen molar-refractivity contribution in [1.29, 1.82) is 0 Å². The first kappa shape index (κ1) is 31.5. The zero-order valence-electron chi connectivity index (χ0n) is 21.1. The molecule has 0 saturated heterocycles. The van der Waals surface area contributed by atoms with E-state index in [-0.39, 0.29) is 11.1 Å². The minimum atomic E-state index is -4.55. The number of rotatable bonds is 13. The maximum Gasteiger partial charge on any atom is 0.337 e. The molecule has 0 atom stereocenters. The van der Waals surface area contributed by atoms with Gasteiger partial charge < -0.3 is 9.47 Å². The Kier molecular flexibility index (Phi) is 15.4. The number of ether oxygens (including phenoxy) is 2. The van der Waals surface area contributed by atoms with Crippen molar-refractivity contribution >= 4 is 29.3 Å². The van der Waals surface area contributed by atoms with Gasteiger partial charge in [0.15, 0.2) is 0 Å². The van der Waals surface area contributed by atoms with Crippen molar-refractivity contribution in [3.8, 4) is 0 Å². The third-order valence-electron chi connectivity index (χ3n) is 5.98. The summed E-state index contributed by atoms with van der Waals surface area (Å²) in [6.07, 6.45) is 15.0. The molecular weight excluding hydrogens is 463 g/mol. The molecule has 0 aliphatic heterocycles. The minimum absolute atomic E-state index is 0.187. The van der Waals surface area contributed by atoms with E-state index in [1.165, 1.54) is 44.7 Å². The summed E-state index contributed by atoms with van der Waals surface area (Å²) in [5, 5.41) is 0. The third-order valence-corrected chi connectivity index (χ3v) is 12.6. The molecule has 1 N–H and O–H groups in total. The van der Waals surface area contributed by atoms with Crippen LogP contribution in [0.15, 0.2) is 23.1 Å². The molecule has 0 spiro atoms. The fourth-order valence-corrected chi connectivity index (χ4v) is 9.45. The van der Waals surface area contributed by atoms with Gasteiger partial charge in [0.05, 0.1) is 30.2 Å².